The van der Waals surface area contributed by atoms with Gasteiger partial charge in [-0.2, -0.15) is 0 Å². The van der Waals surface area contributed by atoms with Crippen LogP contribution in [0.4, 0.5) is 5.69 Å². The molecule has 1 N–H and O–H groups in total. The number of amides is 1. The van der Waals surface area contributed by atoms with Crippen molar-refractivity contribution in [3.63, 3.8) is 0 Å². The SMILES string of the molecule is COc1ccc(NC(=O)C(C)SCc2cccc(Cl)c2)cc1. The van der Waals surface area contributed by atoms with E-state index in [4.69, 9.17) is 16.3 Å². The van der Waals surface area contributed by atoms with Crippen LogP contribution >= 0.6 is 23.4 Å². The highest BCUT2D eigenvalue weighted by atomic mass is 35.5. The van der Waals surface area contributed by atoms with Crippen molar-refractivity contribution in [1.29, 1.82) is 0 Å². The fraction of sp³-hybridized carbons (Fsp3) is 0.235. The largest absolute Gasteiger partial charge is 0.497 e. The molecule has 116 valence electrons. The van der Waals surface area contributed by atoms with E-state index in [9.17, 15) is 4.79 Å². The Morgan fingerprint density at radius 2 is 2.00 bits per heavy atom. The maximum Gasteiger partial charge on any atom is 0.237 e. The van der Waals surface area contributed by atoms with Crippen LogP contribution in [0.5, 0.6) is 5.75 Å². The quantitative estimate of drug-likeness (QED) is 0.837. The summed E-state index contributed by atoms with van der Waals surface area (Å²) < 4.78 is 5.09. The molecule has 0 aliphatic heterocycles. The molecule has 1 unspecified atom stereocenters. The zero-order valence-corrected chi connectivity index (χ0v) is 14.1. The predicted octanol–water partition coefficient (Wildman–Crippen LogP) is 4.61. The number of methoxy groups -OCH3 is 1. The van der Waals surface area contributed by atoms with Crippen molar-refractivity contribution in [2.45, 2.75) is 17.9 Å². The summed E-state index contributed by atoms with van der Waals surface area (Å²) in [5, 5.41) is 3.46. The van der Waals surface area contributed by atoms with Crippen molar-refractivity contribution in [2.24, 2.45) is 0 Å². The Morgan fingerprint density at radius 1 is 1.27 bits per heavy atom. The molecule has 2 rings (SSSR count). The molecule has 0 fully saturated rings. The second kappa shape index (κ2) is 8.11. The summed E-state index contributed by atoms with van der Waals surface area (Å²) in [5.74, 6) is 1.50. The first-order valence-corrected chi connectivity index (χ1v) is 8.32. The van der Waals surface area contributed by atoms with Gasteiger partial charge in [0.1, 0.15) is 5.75 Å². The summed E-state index contributed by atoms with van der Waals surface area (Å²) in [6.45, 7) is 1.90. The summed E-state index contributed by atoms with van der Waals surface area (Å²) in [4.78, 5) is 12.2. The van der Waals surface area contributed by atoms with Crippen molar-refractivity contribution in [3.8, 4) is 5.75 Å². The molecule has 0 aliphatic rings. The highest BCUT2D eigenvalue weighted by Gasteiger charge is 2.13. The molecule has 5 heteroatoms. The Bertz CT molecular complexity index is 631. The summed E-state index contributed by atoms with van der Waals surface area (Å²) in [5.41, 5.74) is 1.88. The minimum Gasteiger partial charge on any atom is -0.497 e. The number of halogens is 1. The number of ether oxygens (including phenoxy) is 1. The summed E-state index contributed by atoms with van der Waals surface area (Å²) in [6.07, 6.45) is 0. The number of thioether (sulfide) groups is 1. The Kier molecular flexibility index (Phi) is 6.16. The van der Waals surface area contributed by atoms with Crippen LogP contribution in [0.15, 0.2) is 48.5 Å². The highest BCUT2D eigenvalue weighted by molar-refractivity contribution is 7.99. The summed E-state index contributed by atoms with van der Waals surface area (Å²) >= 11 is 7.53. The van der Waals surface area contributed by atoms with Gasteiger partial charge in [0.15, 0.2) is 0 Å². The lowest BCUT2D eigenvalue weighted by Crippen LogP contribution is -2.22. The van der Waals surface area contributed by atoms with Crippen LogP contribution in [0.3, 0.4) is 0 Å². The number of carbonyl (C=O) groups excluding carboxylic acids is 1. The third-order valence-electron chi connectivity index (χ3n) is 3.12. The van der Waals surface area contributed by atoms with E-state index in [1.54, 1.807) is 18.9 Å². The van der Waals surface area contributed by atoms with Crippen LogP contribution in [-0.4, -0.2) is 18.3 Å². The lowest BCUT2D eigenvalue weighted by Gasteiger charge is -2.12. The molecule has 0 spiro atoms. The fourth-order valence-electron chi connectivity index (χ4n) is 1.84. The number of anilines is 1. The van der Waals surface area contributed by atoms with Gasteiger partial charge in [0, 0.05) is 16.5 Å². The average molecular weight is 336 g/mol. The third-order valence-corrected chi connectivity index (χ3v) is 4.56. The minimum atomic E-state index is -0.152. The molecular formula is C17H18ClNO2S. The maximum absolute atomic E-state index is 12.2. The molecule has 0 saturated heterocycles. The van der Waals surface area contributed by atoms with Gasteiger partial charge in [-0.15, -0.1) is 11.8 Å². The van der Waals surface area contributed by atoms with Crippen molar-refractivity contribution in [3.05, 3.63) is 59.1 Å². The van der Waals surface area contributed by atoms with Gasteiger partial charge in [0.25, 0.3) is 0 Å². The maximum atomic E-state index is 12.2. The first-order chi connectivity index (χ1) is 10.6. The van der Waals surface area contributed by atoms with E-state index < -0.39 is 0 Å². The Morgan fingerprint density at radius 3 is 2.64 bits per heavy atom. The molecule has 0 radical (unpaired) electrons. The van der Waals surface area contributed by atoms with Gasteiger partial charge in [-0.1, -0.05) is 23.7 Å². The molecule has 2 aromatic rings. The zero-order valence-electron chi connectivity index (χ0n) is 12.5. The van der Waals surface area contributed by atoms with Gasteiger partial charge in [0.2, 0.25) is 5.91 Å². The first-order valence-electron chi connectivity index (χ1n) is 6.89. The number of carbonyl (C=O) groups is 1. The van der Waals surface area contributed by atoms with Gasteiger partial charge < -0.3 is 10.1 Å². The first kappa shape index (κ1) is 16.7. The molecule has 22 heavy (non-hydrogen) atoms. The summed E-state index contributed by atoms with van der Waals surface area (Å²) in [6, 6.07) is 15.0. The number of hydrogen-bond acceptors (Lipinski definition) is 3. The molecule has 0 saturated carbocycles. The van der Waals surface area contributed by atoms with E-state index in [1.165, 1.54) is 0 Å². The van der Waals surface area contributed by atoms with Crippen LogP contribution < -0.4 is 10.1 Å². The van der Waals surface area contributed by atoms with Crippen LogP contribution in [-0.2, 0) is 10.5 Å². The van der Waals surface area contributed by atoms with Gasteiger partial charge in [-0.05, 0) is 48.9 Å². The molecule has 0 aliphatic carbocycles. The van der Waals surface area contributed by atoms with Gasteiger partial charge in [-0.25, -0.2) is 0 Å². The van der Waals surface area contributed by atoms with Crippen molar-refractivity contribution in [2.75, 3.05) is 12.4 Å². The molecule has 0 bridgehead atoms. The monoisotopic (exact) mass is 335 g/mol. The van der Waals surface area contributed by atoms with E-state index in [0.29, 0.717) is 5.02 Å². The molecule has 1 amide bonds. The number of rotatable bonds is 6. The Hall–Kier alpha value is -1.65. The molecule has 0 heterocycles. The number of hydrogen-bond donors (Lipinski definition) is 1. The number of benzene rings is 2. The fourth-order valence-corrected chi connectivity index (χ4v) is 2.89. The molecular weight excluding hydrogens is 318 g/mol. The highest BCUT2D eigenvalue weighted by Crippen LogP contribution is 2.22. The Labute approximate surface area is 140 Å². The van der Waals surface area contributed by atoms with Crippen LogP contribution in [0.25, 0.3) is 0 Å². The lowest BCUT2D eigenvalue weighted by atomic mass is 10.2. The van der Waals surface area contributed by atoms with Crippen LogP contribution in [0.2, 0.25) is 5.02 Å². The standard InChI is InChI=1S/C17H18ClNO2S/c1-12(22-11-13-4-3-5-14(18)10-13)17(20)19-15-6-8-16(21-2)9-7-15/h3-10,12H,11H2,1-2H3,(H,19,20). The second-order valence-electron chi connectivity index (χ2n) is 4.80. The van der Waals surface area contributed by atoms with Crippen molar-refractivity contribution < 1.29 is 9.53 Å². The van der Waals surface area contributed by atoms with Gasteiger partial charge >= 0.3 is 0 Å². The van der Waals surface area contributed by atoms with Crippen LogP contribution in [0, 0.1) is 0 Å². The van der Waals surface area contributed by atoms with Crippen molar-refractivity contribution in [1.82, 2.24) is 0 Å². The van der Waals surface area contributed by atoms with E-state index in [-0.39, 0.29) is 11.2 Å². The molecule has 1 atom stereocenters. The van der Waals surface area contributed by atoms with Gasteiger partial charge in [0.05, 0.1) is 12.4 Å². The second-order valence-corrected chi connectivity index (χ2v) is 6.57. The topological polar surface area (TPSA) is 38.3 Å². The smallest absolute Gasteiger partial charge is 0.237 e. The molecule has 3 nitrogen and oxygen atoms in total. The molecule has 0 aromatic heterocycles. The Balaban J connectivity index is 1.86. The van der Waals surface area contributed by atoms with Crippen molar-refractivity contribution >= 4 is 35.0 Å². The molecule has 2 aromatic carbocycles. The predicted molar refractivity (Wildman–Crippen MR) is 93.8 cm³/mol. The lowest BCUT2D eigenvalue weighted by molar-refractivity contribution is -0.115. The van der Waals surface area contributed by atoms with E-state index >= 15 is 0 Å². The van der Waals surface area contributed by atoms with Crippen LogP contribution in [0.1, 0.15) is 12.5 Å². The van der Waals surface area contributed by atoms with Gasteiger partial charge in [-0.3, -0.25) is 4.79 Å². The summed E-state index contributed by atoms with van der Waals surface area (Å²) in [7, 11) is 1.61. The normalized spacial score (nSPS) is 11.8. The number of nitrogens with one attached hydrogen (secondary N) is 1. The van der Waals surface area contributed by atoms with E-state index in [1.807, 2.05) is 55.5 Å². The average Bonchev–Trinajstić information content (AvgIpc) is 2.53. The van der Waals surface area contributed by atoms with E-state index in [0.717, 1.165) is 22.8 Å². The zero-order chi connectivity index (χ0) is 15.9. The minimum absolute atomic E-state index is 0.0165. The van der Waals surface area contributed by atoms with E-state index in [2.05, 4.69) is 5.32 Å². The third kappa shape index (κ3) is 4.97.